The maximum Gasteiger partial charge on any atom is 0.329 e. The van der Waals surface area contributed by atoms with Crippen LogP contribution in [0.2, 0.25) is 0 Å². The van der Waals surface area contributed by atoms with Crippen molar-refractivity contribution in [3.63, 3.8) is 0 Å². The minimum Gasteiger partial charge on any atom is -0.467 e. The molecule has 6 unspecified atom stereocenters. The van der Waals surface area contributed by atoms with Gasteiger partial charge < -0.3 is 25.6 Å². The Bertz CT molecular complexity index is 775. The predicted octanol–water partition coefficient (Wildman–Crippen LogP) is 0.662. The fourth-order valence-corrected chi connectivity index (χ4v) is 6.06. The Hall–Kier alpha value is -1.43. The highest BCUT2D eigenvalue weighted by Gasteiger charge is 2.68. The lowest BCUT2D eigenvalue weighted by atomic mass is 9.69. The molecule has 0 aromatic rings. The summed E-state index contributed by atoms with van der Waals surface area (Å²) in [4.78, 5) is 49.9. The van der Waals surface area contributed by atoms with Gasteiger partial charge in [0.05, 0.1) is 19.1 Å². The largest absolute Gasteiger partial charge is 0.467 e. The van der Waals surface area contributed by atoms with E-state index in [2.05, 4.69) is 31.3 Å². The molecule has 1 aliphatic heterocycles. The monoisotopic (exact) mass is 534 g/mol. The molecule has 4 N–H and O–H groups in total. The molecule has 11 heteroatoms. The van der Waals surface area contributed by atoms with Crippen molar-refractivity contribution < 1.29 is 34.1 Å². The molecule has 32 heavy (non-hydrogen) atoms. The first-order valence-corrected chi connectivity index (χ1v) is 12.6. The summed E-state index contributed by atoms with van der Waals surface area (Å²) < 4.78 is 4.68. The lowest BCUT2D eigenvalue weighted by molar-refractivity contribution is -0.144. The average molecular weight is 535 g/mol. The SMILES string of the molecule is COC(=O)C(CSC(=O)C1(C(O)C2C=CCCC2)NC(=O)C(CCBr)C1(C)O)NC(C)=O. The van der Waals surface area contributed by atoms with Gasteiger partial charge in [-0.3, -0.25) is 14.4 Å². The Morgan fingerprint density at radius 3 is 2.66 bits per heavy atom. The van der Waals surface area contributed by atoms with Gasteiger partial charge in [-0.25, -0.2) is 4.79 Å². The van der Waals surface area contributed by atoms with Gasteiger partial charge in [-0.2, -0.15) is 0 Å². The van der Waals surface area contributed by atoms with Gasteiger partial charge in [-0.15, -0.1) is 0 Å². The Morgan fingerprint density at radius 1 is 1.44 bits per heavy atom. The van der Waals surface area contributed by atoms with Gasteiger partial charge in [0.15, 0.2) is 5.54 Å². The minimum absolute atomic E-state index is 0.185. The number of thioether (sulfide) groups is 1. The third kappa shape index (κ3) is 5.21. The number of hydrogen-bond acceptors (Lipinski definition) is 8. The molecule has 1 saturated heterocycles. The van der Waals surface area contributed by atoms with Crippen LogP contribution in [0.5, 0.6) is 0 Å². The van der Waals surface area contributed by atoms with Crippen LogP contribution < -0.4 is 10.6 Å². The molecule has 2 amide bonds. The van der Waals surface area contributed by atoms with E-state index < -0.39 is 58.0 Å². The summed E-state index contributed by atoms with van der Waals surface area (Å²) in [7, 11) is 1.16. The normalized spacial score (nSPS) is 31.5. The molecule has 1 fully saturated rings. The first-order valence-electron chi connectivity index (χ1n) is 10.5. The van der Waals surface area contributed by atoms with E-state index in [1.54, 1.807) is 0 Å². The zero-order valence-electron chi connectivity index (χ0n) is 18.4. The van der Waals surface area contributed by atoms with E-state index in [1.165, 1.54) is 13.8 Å². The van der Waals surface area contributed by atoms with E-state index in [0.29, 0.717) is 23.5 Å². The Balaban J connectivity index is 2.40. The van der Waals surface area contributed by atoms with Gasteiger partial charge in [-0.1, -0.05) is 39.8 Å². The number of nitrogens with one attached hydrogen (secondary N) is 2. The fraction of sp³-hybridized carbons (Fsp3) is 0.714. The number of carbonyl (C=O) groups excluding carboxylic acids is 4. The summed E-state index contributed by atoms with van der Waals surface area (Å²) >= 11 is 3.93. The van der Waals surface area contributed by atoms with Gasteiger partial charge in [0.2, 0.25) is 16.9 Å². The number of esters is 1. The number of allylic oxidation sites excluding steroid dienone is 1. The summed E-state index contributed by atoms with van der Waals surface area (Å²) in [5, 5.41) is 27.7. The van der Waals surface area contributed by atoms with Crippen LogP contribution in [0, 0.1) is 11.8 Å². The number of ether oxygens (including phenoxy) is 1. The molecule has 1 aliphatic carbocycles. The highest BCUT2D eigenvalue weighted by Crippen LogP contribution is 2.46. The van der Waals surface area contributed by atoms with E-state index >= 15 is 0 Å². The molecule has 180 valence electrons. The number of halogens is 1. The van der Waals surface area contributed by atoms with Gasteiger partial charge in [0.25, 0.3) is 0 Å². The smallest absolute Gasteiger partial charge is 0.329 e. The van der Waals surface area contributed by atoms with E-state index in [9.17, 15) is 29.4 Å². The highest BCUT2D eigenvalue weighted by molar-refractivity contribution is 9.09. The Labute approximate surface area is 200 Å². The molecule has 0 aromatic carbocycles. The molecule has 0 saturated carbocycles. The molecule has 6 atom stereocenters. The van der Waals surface area contributed by atoms with Crippen molar-refractivity contribution in [1.29, 1.82) is 0 Å². The minimum atomic E-state index is -1.98. The number of aliphatic hydroxyl groups excluding tert-OH is 1. The number of amides is 2. The molecule has 0 spiro atoms. The maximum atomic E-state index is 13.6. The van der Waals surface area contributed by atoms with Crippen molar-refractivity contribution in [2.24, 2.45) is 11.8 Å². The summed E-state index contributed by atoms with van der Waals surface area (Å²) in [6, 6.07) is -1.10. The molecule has 0 bridgehead atoms. The molecular weight excluding hydrogens is 504 g/mol. The lowest BCUT2D eigenvalue weighted by Crippen LogP contribution is -2.69. The predicted molar refractivity (Wildman–Crippen MR) is 123 cm³/mol. The van der Waals surface area contributed by atoms with Crippen LogP contribution in [0.25, 0.3) is 0 Å². The summed E-state index contributed by atoms with van der Waals surface area (Å²) in [5.74, 6) is -3.27. The topological polar surface area (TPSA) is 142 Å². The summed E-state index contributed by atoms with van der Waals surface area (Å²) in [6.07, 6.45) is 4.87. The van der Waals surface area contributed by atoms with Gasteiger partial charge in [0, 0.05) is 23.9 Å². The van der Waals surface area contributed by atoms with E-state index in [-0.39, 0.29) is 12.2 Å². The molecule has 2 aliphatic rings. The van der Waals surface area contributed by atoms with Crippen molar-refractivity contribution in [2.45, 2.75) is 62.8 Å². The van der Waals surface area contributed by atoms with Crippen LogP contribution in [0.4, 0.5) is 0 Å². The number of carbonyl (C=O) groups is 4. The quantitative estimate of drug-likeness (QED) is 0.192. The van der Waals surface area contributed by atoms with Gasteiger partial charge in [-0.05, 0) is 32.6 Å². The first kappa shape index (κ1) is 26.8. The van der Waals surface area contributed by atoms with Crippen molar-refractivity contribution in [3.05, 3.63) is 12.2 Å². The maximum absolute atomic E-state index is 13.6. The molecule has 2 rings (SSSR count). The second kappa shape index (κ2) is 11.1. The van der Waals surface area contributed by atoms with Crippen LogP contribution >= 0.6 is 27.7 Å². The molecular formula is C21H31BrN2O7S. The van der Waals surface area contributed by atoms with Crippen LogP contribution in [0.15, 0.2) is 12.2 Å². The number of aliphatic hydroxyl groups is 2. The Kier molecular flexibility index (Phi) is 9.33. The van der Waals surface area contributed by atoms with Crippen LogP contribution in [0.1, 0.15) is 39.5 Å². The first-order chi connectivity index (χ1) is 15.0. The van der Waals surface area contributed by atoms with Crippen LogP contribution in [-0.2, 0) is 23.9 Å². The summed E-state index contributed by atoms with van der Waals surface area (Å²) in [6.45, 7) is 2.62. The lowest BCUT2D eigenvalue weighted by Gasteiger charge is -2.45. The third-order valence-electron chi connectivity index (χ3n) is 6.22. The van der Waals surface area contributed by atoms with E-state index in [1.807, 2.05) is 12.2 Å². The number of rotatable bonds is 9. The van der Waals surface area contributed by atoms with Gasteiger partial charge >= 0.3 is 5.97 Å². The van der Waals surface area contributed by atoms with Crippen molar-refractivity contribution in [1.82, 2.24) is 10.6 Å². The fourth-order valence-electron chi connectivity index (χ4n) is 4.46. The van der Waals surface area contributed by atoms with Gasteiger partial charge in [0.1, 0.15) is 11.6 Å². The number of methoxy groups -OCH3 is 1. The van der Waals surface area contributed by atoms with Crippen LogP contribution in [0.3, 0.4) is 0 Å². The molecule has 1 heterocycles. The van der Waals surface area contributed by atoms with Crippen molar-refractivity contribution in [2.75, 3.05) is 18.2 Å². The van der Waals surface area contributed by atoms with Crippen molar-refractivity contribution in [3.8, 4) is 0 Å². The average Bonchev–Trinajstić information content (AvgIpc) is 2.96. The highest BCUT2D eigenvalue weighted by atomic mass is 79.9. The van der Waals surface area contributed by atoms with Crippen LogP contribution in [-0.4, -0.2) is 74.6 Å². The summed E-state index contributed by atoms with van der Waals surface area (Å²) in [5.41, 5.74) is -3.87. The second-order valence-electron chi connectivity index (χ2n) is 8.32. The molecule has 0 aromatic heterocycles. The van der Waals surface area contributed by atoms with E-state index in [0.717, 1.165) is 20.0 Å². The molecule has 0 radical (unpaired) electrons. The number of alkyl halides is 1. The third-order valence-corrected chi connectivity index (χ3v) is 7.76. The zero-order valence-corrected chi connectivity index (χ0v) is 20.8. The van der Waals surface area contributed by atoms with E-state index in [4.69, 9.17) is 0 Å². The van der Waals surface area contributed by atoms with Crippen molar-refractivity contribution >= 4 is 50.6 Å². The molecule has 9 nitrogen and oxygen atoms in total. The standard InChI is InChI=1S/C21H31BrN2O7S/c1-12(25)23-15(18(28)31-3)11-32-19(29)21(16(26)13-7-5-4-6-8-13)20(2,30)14(9-10-22)17(27)24-21/h5,7,13-16,26,30H,4,6,8-11H2,1-3H3,(H,23,25)(H,24,27). The Morgan fingerprint density at radius 2 is 2.12 bits per heavy atom. The zero-order chi connectivity index (χ0) is 24.1. The number of hydrogen-bond donors (Lipinski definition) is 4. The second-order valence-corrected chi connectivity index (χ2v) is 10.1.